The van der Waals surface area contributed by atoms with Gasteiger partial charge in [-0.2, -0.15) is 13.2 Å². The van der Waals surface area contributed by atoms with E-state index in [9.17, 15) is 22.2 Å². The van der Waals surface area contributed by atoms with Crippen LogP contribution < -0.4 is 10.6 Å². The van der Waals surface area contributed by atoms with Crippen LogP contribution in [0.2, 0.25) is 5.02 Å². The Bertz CT molecular complexity index is 1130. The molecule has 0 radical (unpaired) electrons. The van der Waals surface area contributed by atoms with E-state index in [1.807, 2.05) is 30.9 Å². The van der Waals surface area contributed by atoms with Gasteiger partial charge in [-0.3, -0.25) is 9.00 Å². The van der Waals surface area contributed by atoms with Crippen molar-refractivity contribution in [3.05, 3.63) is 64.2 Å². The molecular weight excluding hydrogens is 523 g/mol. The summed E-state index contributed by atoms with van der Waals surface area (Å²) in [5, 5.41) is 0.609. The van der Waals surface area contributed by atoms with E-state index in [-0.39, 0.29) is 23.7 Å². The number of hydrogen-bond acceptors (Lipinski definition) is 4. The second kappa shape index (κ2) is 11.3. The molecule has 2 aromatic carbocycles. The molecule has 10 heteroatoms. The first-order valence-corrected chi connectivity index (χ1v) is 14.4. The number of anilines is 1. The summed E-state index contributed by atoms with van der Waals surface area (Å²) in [6, 6.07) is 10.6. The lowest BCUT2D eigenvalue weighted by Crippen LogP contribution is -2.51. The van der Waals surface area contributed by atoms with Crippen molar-refractivity contribution in [1.29, 1.82) is 0 Å². The van der Waals surface area contributed by atoms with Crippen molar-refractivity contribution in [1.82, 2.24) is 4.90 Å². The van der Waals surface area contributed by atoms with Gasteiger partial charge in [-0.1, -0.05) is 37.6 Å². The van der Waals surface area contributed by atoms with Crippen molar-refractivity contribution in [2.45, 2.75) is 38.4 Å². The first-order valence-electron chi connectivity index (χ1n) is 12.5. The van der Waals surface area contributed by atoms with E-state index >= 15 is 0 Å². The summed E-state index contributed by atoms with van der Waals surface area (Å²) in [6.45, 7) is 5.83. The standard InChI is InChI=1S/C27H33ClF3N3O2S/c1-17(2)13-24(32)21-14-19(27(29,30)31)5-8-25(21)33-9-11-34(12-10-33)26(35)23-16-37(36)15-22(23)18-3-6-20(28)7-4-18/h3-8,14,17,22-24H,9-13,15-16,32H2,1-2H3/t22-,23+,24+,37?/m1/s1. The number of nitrogens with two attached hydrogens (primary N) is 1. The molecule has 2 fully saturated rings. The Labute approximate surface area is 223 Å². The van der Waals surface area contributed by atoms with Crippen LogP contribution >= 0.6 is 11.6 Å². The molecule has 2 saturated heterocycles. The average Bonchev–Trinajstić information content (AvgIpc) is 3.24. The van der Waals surface area contributed by atoms with Gasteiger partial charge in [-0.15, -0.1) is 0 Å². The number of halogens is 4. The molecule has 0 spiro atoms. The van der Waals surface area contributed by atoms with Crippen molar-refractivity contribution in [3.8, 4) is 0 Å². The zero-order valence-electron chi connectivity index (χ0n) is 21.0. The summed E-state index contributed by atoms with van der Waals surface area (Å²) in [5.74, 6) is 0.501. The highest BCUT2D eigenvalue weighted by molar-refractivity contribution is 7.85. The average molecular weight is 556 g/mol. The van der Waals surface area contributed by atoms with Crippen LogP contribution in [-0.4, -0.2) is 52.7 Å². The van der Waals surface area contributed by atoms with Crippen molar-refractivity contribution >= 4 is 34.0 Å². The molecule has 1 unspecified atom stereocenters. The first kappa shape index (κ1) is 27.9. The molecule has 2 heterocycles. The van der Waals surface area contributed by atoms with Gasteiger partial charge in [-0.05, 0) is 53.8 Å². The van der Waals surface area contributed by atoms with E-state index < -0.39 is 28.6 Å². The summed E-state index contributed by atoms with van der Waals surface area (Å²) in [5.41, 5.74) is 7.80. The number of rotatable bonds is 6. The van der Waals surface area contributed by atoms with Crippen LogP contribution in [0.15, 0.2) is 42.5 Å². The summed E-state index contributed by atoms with van der Waals surface area (Å²) in [6.07, 6.45) is -3.88. The number of piperazine rings is 1. The van der Waals surface area contributed by atoms with Crippen LogP contribution in [0.3, 0.4) is 0 Å². The fraction of sp³-hybridized carbons (Fsp3) is 0.519. The van der Waals surface area contributed by atoms with E-state index in [4.69, 9.17) is 17.3 Å². The third-order valence-electron chi connectivity index (χ3n) is 7.24. The molecule has 0 bridgehead atoms. The van der Waals surface area contributed by atoms with Crippen LogP contribution in [0.25, 0.3) is 0 Å². The van der Waals surface area contributed by atoms with Gasteiger partial charge in [-0.25, -0.2) is 0 Å². The number of carbonyl (C=O) groups excluding carboxylic acids is 1. The summed E-state index contributed by atoms with van der Waals surface area (Å²) in [7, 11) is -1.07. The maximum absolute atomic E-state index is 13.5. The second-order valence-corrected chi connectivity index (χ2v) is 12.3. The lowest BCUT2D eigenvalue weighted by atomic mass is 9.88. The Morgan fingerprint density at radius 3 is 2.32 bits per heavy atom. The number of nitrogens with zero attached hydrogens (tertiary/aromatic N) is 2. The molecule has 5 nitrogen and oxygen atoms in total. The van der Waals surface area contributed by atoms with Gasteiger partial charge in [0.05, 0.1) is 11.5 Å². The maximum Gasteiger partial charge on any atom is 0.416 e. The lowest BCUT2D eigenvalue weighted by molar-refractivity contribution is -0.138. The topological polar surface area (TPSA) is 66.6 Å². The molecule has 0 aromatic heterocycles. The largest absolute Gasteiger partial charge is 0.416 e. The fourth-order valence-electron chi connectivity index (χ4n) is 5.34. The minimum atomic E-state index is -4.45. The van der Waals surface area contributed by atoms with Crippen LogP contribution in [0.1, 0.15) is 48.9 Å². The van der Waals surface area contributed by atoms with Crippen LogP contribution in [0.4, 0.5) is 18.9 Å². The molecule has 37 heavy (non-hydrogen) atoms. The Morgan fingerprint density at radius 2 is 1.73 bits per heavy atom. The van der Waals surface area contributed by atoms with Gasteiger partial charge in [0.1, 0.15) is 0 Å². The SMILES string of the molecule is CC(C)C[C@H](N)c1cc(C(F)(F)F)ccc1N1CCN(C(=O)[C@H]2CS(=O)C[C@@H]2c2ccc(Cl)cc2)CC1. The number of hydrogen-bond donors (Lipinski definition) is 1. The van der Waals surface area contributed by atoms with E-state index in [0.717, 1.165) is 11.6 Å². The van der Waals surface area contributed by atoms with Crippen molar-refractivity contribution < 1.29 is 22.2 Å². The fourth-order valence-corrected chi connectivity index (χ4v) is 7.20. The number of benzene rings is 2. The third-order valence-corrected chi connectivity index (χ3v) is 8.96. The highest BCUT2D eigenvalue weighted by Gasteiger charge is 2.41. The number of carbonyl (C=O) groups is 1. The molecule has 4 rings (SSSR count). The predicted molar refractivity (Wildman–Crippen MR) is 142 cm³/mol. The summed E-state index contributed by atoms with van der Waals surface area (Å²) < 4.78 is 52.7. The number of alkyl halides is 3. The molecule has 0 aliphatic carbocycles. The van der Waals surface area contributed by atoms with Gasteiger partial charge in [0.15, 0.2) is 0 Å². The minimum absolute atomic E-state index is 0.0189. The lowest BCUT2D eigenvalue weighted by Gasteiger charge is -2.39. The van der Waals surface area contributed by atoms with Gasteiger partial charge < -0.3 is 15.5 Å². The molecule has 2 aliphatic rings. The van der Waals surface area contributed by atoms with E-state index in [0.29, 0.717) is 60.4 Å². The zero-order chi connectivity index (χ0) is 26.9. The third kappa shape index (κ3) is 6.49. The van der Waals surface area contributed by atoms with E-state index in [1.54, 1.807) is 17.0 Å². The monoisotopic (exact) mass is 555 g/mol. The van der Waals surface area contributed by atoms with Crippen molar-refractivity contribution in [3.63, 3.8) is 0 Å². The second-order valence-electron chi connectivity index (χ2n) is 10.4. The molecule has 2 aliphatic heterocycles. The predicted octanol–water partition coefficient (Wildman–Crippen LogP) is 5.22. The minimum Gasteiger partial charge on any atom is -0.368 e. The van der Waals surface area contributed by atoms with Crippen LogP contribution in [-0.2, 0) is 21.8 Å². The number of amides is 1. The van der Waals surface area contributed by atoms with Crippen LogP contribution in [0.5, 0.6) is 0 Å². The molecule has 0 saturated carbocycles. The van der Waals surface area contributed by atoms with Gasteiger partial charge in [0.2, 0.25) is 5.91 Å². The maximum atomic E-state index is 13.5. The van der Waals surface area contributed by atoms with E-state index in [1.165, 1.54) is 12.1 Å². The van der Waals surface area contributed by atoms with Crippen LogP contribution in [0, 0.1) is 11.8 Å². The Kier molecular flexibility index (Phi) is 8.55. The highest BCUT2D eigenvalue weighted by Crippen LogP contribution is 2.38. The normalized spacial score (nSPS) is 23.5. The smallest absolute Gasteiger partial charge is 0.368 e. The first-order chi connectivity index (χ1) is 17.4. The summed E-state index contributed by atoms with van der Waals surface area (Å²) in [4.78, 5) is 17.3. The summed E-state index contributed by atoms with van der Waals surface area (Å²) >= 11 is 6.01. The van der Waals surface area contributed by atoms with Crippen molar-refractivity contribution in [2.24, 2.45) is 17.6 Å². The van der Waals surface area contributed by atoms with Crippen molar-refractivity contribution in [2.75, 3.05) is 42.6 Å². The Balaban J connectivity index is 1.49. The Hall–Kier alpha value is -2.10. The Morgan fingerprint density at radius 1 is 1.08 bits per heavy atom. The highest BCUT2D eigenvalue weighted by atomic mass is 35.5. The van der Waals surface area contributed by atoms with Gasteiger partial charge in [0, 0.05) is 71.2 Å². The zero-order valence-corrected chi connectivity index (χ0v) is 22.6. The molecule has 4 atom stereocenters. The van der Waals surface area contributed by atoms with E-state index in [2.05, 4.69) is 0 Å². The van der Waals surface area contributed by atoms with Gasteiger partial charge in [0.25, 0.3) is 0 Å². The quantitative estimate of drug-likeness (QED) is 0.531. The molecular formula is C27H33ClF3N3O2S. The molecule has 202 valence electrons. The molecule has 1 amide bonds. The van der Waals surface area contributed by atoms with Gasteiger partial charge >= 0.3 is 6.18 Å². The molecule has 2 aromatic rings. The molecule has 2 N–H and O–H groups in total.